The van der Waals surface area contributed by atoms with Crippen molar-refractivity contribution in [3.63, 3.8) is 0 Å². The Kier molecular flexibility index (Phi) is 25.0. The minimum Gasteiger partial charge on any atom is -0.431 e. The number of aliphatic hydroxyl groups excluding tert-OH is 3. The zero-order valence-corrected chi connectivity index (χ0v) is 57.8. The van der Waals surface area contributed by atoms with E-state index in [9.17, 15) is 41.7 Å². The van der Waals surface area contributed by atoms with Crippen molar-refractivity contribution < 1.29 is 96.4 Å². The summed E-state index contributed by atoms with van der Waals surface area (Å²) in [5.74, 6) is 0.220. The molecule has 6 aliphatic rings. The highest BCUT2D eigenvalue weighted by Gasteiger charge is 2.46. The maximum absolute atomic E-state index is 15.1. The number of halogens is 12. The summed E-state index contributed by atoms with van der Waals surface area (Å²) in [6.45, 7) is -8.26. The summed E-state index contributed by atoms with van der Waals surface area (Å²) in [7, 11) is 4.28. The van der Waals surface area contributed by atoms with E-state index in [4.69, 9.17) is 31.4 Å². The standard InChI is InChI=1S/3C22H28F4N6O3/c3*1-34-13-22(26)3-6-32(12-22)20-29-15(14-8-16(35-19(23)24)18(27)28-10-14)9-17(30-20)31-5-2-21(25,11-31)4-7-33/h3*8-10,19,33H,2-7,11-13H2,1H3,(H2,27,28). The van der Waals surface area contributed by atoms with E-state index in [1.165, 1.54) is 58.1 Å². The Hall–Kier alpha value is -8.79. The number of rotatable bonds is 27. The van der Waals surface area contributed by atoms with Crippen molar-refractivity contribution in [3.8, 4) is 51.0 Å². The van der Waals surface area contributed by atoms with Gasteiger partial charge >= 0.3 is 19.8 Å². The monoisotopic (exact) mass is 1500 g/mol. The van der Waals surface area contributed by atoms with Gasteiger partial charge in [-0.1, -0.05) is 0 Å². The molecule has 6 atom stereocenters. The van der Waals surface area contributed by atoms with Gasteiger partial charge in [-0.25, -0.2) is 56.2 Å². The lowest BCUT2D eigenvalue weighted by molar-refractivity contribution is -0.0501. The molecule has 12 rings (SSSR count). The fourth-order valence-corrected chi connectivity index (χ4v) is 13.4. The van der Waals surface area contributed by atoms with E-state index >= 15 is 26.3 Å². The molecule has 27 nitrogen and oxygen atoms in total. The van der Waals surface area contributed by atoms with E-state index in [0.29, 0.717) is 90.5 Å². The third kappa shape index (κ3) is 19.8. The summed E-state index contributed by atoms with van der Waals surface area (Å²) >= 11 is 0. The van der Waals surface area contributed by atoms with Crippen LogP contribution >= 0.6 is 0 Å². The number of methoxy groups -OCH3 is 3. The zero-order valence-electron chi connectivity index (χ0n) is 57.8. The van der Waals surface area contributed by atoms with Crippen molar-refractivity contribution in [1.29, 1.82) is 0 Å². The van der Waals surface area contributed by atoms with Crippen LogP contribution < -0.4 is 60.8 Å². The summed E-state index contributed by atoms with van der Waals surface area (Å²) in [5, 5.41) is 27.6. The highest BCUT2D eigenvalue weighted by molar-refractivity contribution is 5.71. The lowest BCUT2D eigenvalue weighted by Gasteiger charge is -2.24. The Labute approximate surface area is 596 Å². The molecule has 6 aromatic rings. The fraction of sp³-hybridized carbons (Fsp3) is 0.591. The Bertz CT molecular complexity index is 3390. The van der Waals surface area contributed by atoms with E-state index in [1.54, 1.807) is 47.6 Å². The number of aromatic nitrogens is 9. The van der Waals surface area contributed by atoms with Gasteiger partial charge in [0.2, 0.25) is 17.8 Å². The van der Waals surface area contributed by atoms with Crippen LogP contribution in [0.25, 0.3) is 33.8 Å². The second-order valence-electron chi connectivity index (χ2n) is 26.8. The lowest BCUT2D eigenvalue weighted by atomic mass is 10.0. The molecule has 6 fully saturated rings. The predicted octanol–water partition coefficient (Wildman–Crippen LogP) is 7.76. The normalized spacial score (nSPS) is 24.5. The third-order valence-corrected chi connectivity index (χ3v) is 18.8. The topological polar surface area (TPSA) is 330 Å². The highest BCUT2D eigenvalue weighted by atomic mass is 19.3. The Morgan fingerprint density at radius 2 is 0.610 bits per heavy atom. The summed E-state index contributed by atoms with van der Waals surface area (Å²) in [6.07, 6.45) is 5.34. The first-order valence-corrected chi connectivity index (χ1v) is 33.6. The molecule has 0 spiro atoms. The molecule has 0 aromatic carbocycles. The Balaban J connectivity index is 0.000000169. The smallest absolute Gasteiger partial charge is 0.387 e. The van der Waals surface area contributed by atoms with Crippen molar-refractivity contribution in [2.45, 2.75) is 112 Å². The maximum atomic E-state index is 15.1. The molecule has 9 N–H and O–H groups in total. The first kappa shape index (κ1) is 78.8. The number of nitrogens with zero attached hydrogens (tertiary/aromatic N) is 15. The van der Waals surface area contributed by atoms with E-state index in [2.05, 4.69) is 59.1 Å². The minimum absolute atomic E-state index is 0.00102. The molecular formula is C66H84F12N18O9. The van der Waals surface area contributed by atoms with Gasteiger partial charge in [0.1, 0.15) is 34.5 Å². The van der Waals surface area contributed by atoms with Gasteiger partial charge in [0, 0.05) is 192 Å². The van der Waals surface area contributed by atoms with Crippen LogP contribution in [-0.2, 0) is 14.2 Å². The zero-order chi connectivity index (χ0) is 75.7. The SMILES string of the molecule is COCC1(F)CCN(c2nc(-c3cnc(N)c(OC(F)F)c3)cc(N3CCC(F)(CCO)C3)n2)C1.COCC1(F)CCN(c2nc(-c3cnc(N)c(OC(F)F)c3)cc(N3CCC(F)(CCO)C3)n2)C1.COCC1(F)CCN(c2nc(-c3cnc(N)c(OC(F)F)c3)cc(N3CCC(F)(CCO)C3)n2)C1. The molecular weight excluding hydrogens is 1420 g/mol. The number of nitrogen functional groups attached to an aromatic ring is 3. The number of hydrogen-bond donors (Lipinski definition) is 6. The van der Waals surface area contributed by atoms with Gasteiger partial charge in [0.15, 0.2) is 51.7 Å². The molecule has 6 saturated heterocycles. The van der Waals surface area contributed by atoms with E-state index in [1.807, 2.05) is 0 Å². The molecule has 576 valence electrons. The second-order valence-corrected chi connectivity index (χ2v) is 26.8. The van der Waals surface area contributed by atoms with Crippen molar-refractivity contribution >= 4 is 52.8 Å². The first-order valence-electron chi connectivity index (χ1n) is 33.6. The van der Waals surface area contributed by atoms with Crippen LogP contribution in [0.15, 0.2) is 55.0 Å². The van der Waals surface area contributed by atoms with Gasteiger partial charge < -0.3 is 90.3 Å². The average molecular weight is 1500 g/mol. The van der Waals surface area contributed by atoms with E-state index in [-0.39, 0.29) is 189 Å². The van der Waals surface area contributed by atoms with Crippen LogP contribution in [0.1, 0.15) is 57.8 Å². The highest BCUT2D eigenvalue weighted by Crippen LogP contribution is 2.42. The van der Waals surface area contributed by atoms with Crippen molar-refractivity contribution in [3.05, 3.63) is 55.0 Å². The fourth-order valence-electron chi connectivity index (χ4n) is 13.4. The third-order valence-electron chi connectivity index (χ3n) is 18.8. The van der Waals surface area contributed by atoms with E-state index < -0.39 is 53.8 Å². The number of hydrogen-bond acceptors (Lipinski definition) is 27. The van der Waals surface area contributed by atoms with Crippen LogP contribution in [0, 0.1) is 0 Å². The molecule has 0 aliphatic carbocycles. The minimum atomic E-state index is -3.09. The summed E-state index contributed by atoms with van der Waals surface area (Å²) in [6, 6.07) is 8.61. The summed E-state index contributed by atoms with van der Waals surface area (Å²) in [5.41, 5.74) is 9.43. The van der Waals surface area contributed by atoms with Crippen molar-refractivity contribution in [2.75, 3.05) is 186 Å². The molecule has 6 aliphatic heterocycles. The van der Waals surface area contributed by atoms with Gasteiger partial charge in [-0.05, 0) is 18.2 Å². The first-order chi connectivity index (χ1) is 49.9. The largest absolute Gasteiger partial charge is 0.431 e. The lowest BCUT2D eigenvalue weighted by Crippen LogP contribution is -2.34. The Morgan fingerprint density at radius 3 is 0.848 bits per heavy atom. The van der Waals surface area contributed by atoms with Gasteiger partial charge in [-0.15, -0.1) is 0 Å². The average Bonchev–Trinajstić information content (AvgIpc) is 1.72. The number of anilines is 9. The molecule has 6 aromatic heterocycles. The predicted molar refractivity (Wildman–Crippen MR) is 364 cm³/mol. The molecule has 105 heavy (non-hydrogen) atoms. The quantitative estimate of drug-likeness (QED) is 0.0268. The number of ether oxygens (including phenoxy) is 6. The molecule has 0 bridgehead atoms. The molecule has 0 radical (unpaired) electrons. The van der Waals surface area contributed by atoms with Crippen LogP contribution in [0.5, 0.6) is 17.2 Å². The van der Waals surface area contributed by atoms with Gasteiger partial charge in [0.25, 0.3) is 0 Å². The van der Waals surface area contributed by atoms with E-state index in [0.717, 1.165) is 0 Å². The summed E-state index contributed by atoms with van der Waals surface area (Å²) in [4.78, 5) is 49.2. The van der Waals surface area contributed by atoms with Crippen molar-refractivity contribution in [1.82, 2.24) is 44.9 Å². The van der Waals surface area contributed by atoms with Crippen LogP contribution in [0.3, 0.4) is 0 Å². The van der Waals surface area contributed by atoms with Gasteiger partial charge in [0.05, 0.1) is 76.2 Å². The molecule has 39 heteroatoms. The van der Waals surface area contributed by atoms with Crippen LogP contribution in [0.2, 0.25) is 0 Å². The number of aliphatic hydroxyl groups is 3. The number of pyridine rings is 3. The van der Waals surface area contributed by atoms with Crippen LogP contribution in [0.4, 0.5) is 105 Å². The van der Waals surface area contributed by atoms with Gasteiger partial charge in [-0.3, -0.25) is 0 Å². The maximum Gasteiger partial charge on any atom is 0.387 e. The number of alkyl halides is 12. The molecule has 0 amide bonds. The second kappa shape index (κ2) is 33.3. The molecule has 6 unspecified atom stereocenters. The Morgan fingerprint density at radius 1 is 0.371 bits per heavy atom. The van der Waals surface area contributed by atoms with Crippen molar-refractivity contribution in [2.24, 2.45) is 0 Å². The summed E-state index contributed by atoms with van der Waals surface area (Å²) < 4.78 is 196. The number of nitrogens with two attached hydrogens (primary N) is 3. The molecule has 12 heterocycles. The van der Waals surface area contributed by atoms with Crippen LogP contribution in [-0.4, -0.2) is 254 Å². The molecule has 0 saturated carbocycles. The van der Waals surface area contributed by atoms with Gasteiger partial charge in [-0.2, -0.15) is 41.3 Å².